The zero-order valence-electron chi connectivity index (χ0n) is 10.6. The van der Waals surface area contributed by atoms with Gasteiger partial charge in [0, 0.05) is 25.2 Å². The maximum Gasteiger partial charge on any atom is 0.320 e. The van der Waals surface area contributed by atoms with Crippen molar-refractivity contribution in [3.63, 3.8) is 0 Å². The summed E-state index contributed by atoms with van der Waals surface area (Å²) in [6.45, 7) is 7.80. The number of carbonyl (C=O) groups is 2. The van der Waals surface area contributed by atoms with Crippen molar-refractivity contribution in [1.29, 1.82) is 0 Å². The van der Waals surface area contributed by atoms with Gasteiger partial charge in [-0.25, -0.2) is 4.79 Å². The van der Waals surface area contributed by atoms with Gasteiger partial charge in [-0.2, -0.15) is 0 Å². The molecule has 6 heteroatoms. The Labute approximate surface area is 101 Å². The van der Waals surface area contributed by atoms with Gasteiger partial charge in [-0.05, 0) is 20.8 Å². The highest BCUT2D eigenvalue weighted by Crippen LogP contribution is 2.27. The predicted molar refractivity (Wildman–Crippen MR) is 63.3 cm³/mol. The van der Waals surface area contributed by atoms with Gasteiger partial charge in [0.25, 0.3) is 0 Å². The summed E-state index contributed by atoms with van der Waals surface area (Å²) in [6, 6.07) is -0.553. The van der Waals surface area contributed by atoms with Crippen LogP contribution in [0.25, 0.3) is 0 Å². The van der Waals surface area contributed by atoms with Crippen LogP contribution in [0, 0.1) is 0 Å². The van der Waals surface area contributed by atoms with E-state index in [2.05, 4.69) is 5.32 Å². The third-order valence-electron chi connectivity index (χ3n) is 3.46. The van der Waals surface area contributed by atoms with Crippen molar-refractivity contribution < 1.29 is 9.59 Å². The molecule has 17 heavy (non-hydrogen) atoms. The fraction of sp³-hybridized carbons (Fsp3) is 0.818. The summed E-state index contributed by atoms with van der Waals surface area (Å²) in [6.07, 6.45) is 0. The molecule has 96 valence electrons. The minimum absolute atomic E-state index is 0.00949. The number of hydrogen-bond acceptors (Lipinski definition) is 3. The molecule has 0 aromatic heterocycles. The number of carbonyl (C=O) groups excluding carboxylic acids is 2. The average molecular weight is 240 g/mol. The first-order valence-electron chi connectivity index (χ1n) is 5.93. The van der Waals surface area contributed by atoms with Crippen molar-refractivity contribution >= 4 is 11.9 Å². The summed E-state index contributed by atoms with van der Waals surface area (Å²) in [5.41, 5.74) is 5.14. The van der Waals surface area contributed by atoms with Crippen LogP contribution in [0.2, 0.25) is 0 Å². The van der Waals surface area contributed by atoms with Crippen LogP contribution >= 0.6 is 0 Å². The second-order valence-electron chi connectivity index (χ2n) is 5.66. The number of fused-ring (bicyclic) bond motifs is 1. The molecule has 2 aliphatic heterocycles. The van der Waals surface area contributed by atoms with Crippen molar-refractivity contribution in [2.75, 3.05) is 19.6 Å². The van der Waals surface area contributed by atoms with Gasteiger partial charge in [0.05, 0.1) is 6.04 Å². The number of primary amides is 1. The van der Waals surface area contributed by atoms with Crippen LogP contribution < -0.4 is 11.1 Å². The zero-order chi connectivity index (χ0) is 12.8. The van der Waals surface area contributed by atoms with Gasteiger partial charge in [0.15, 0.2) is 0 Å². The lowest BCUT2D eigenvalue weighted by Gasteiger charge is -2.34. The Hall–Kier alpha value is -1.30. The fourth-order valence-corrected chi connectivity index (χ4v) is 2.53. The number of hydrogen-bond donors (Lipinski definition) is 2. The number of amides is 3. The number of piperazine rings is 1. The summed E-state index contributed by atoms with van der Waals surface area (Å²) in [5.74, 6) is -0.386. The lowest BCUT2D eigenvalue weighted by atomic mass is 10.0. The quantitative estimate of drug-likeness (QED) is 0.639. The molecule has 0 saturated carbocycles. The number of urea groups is 1. The van der Waals surface area contributed by atoms with Crippen LogP contribution in [0.4, 0.5) is 4.79 Å². The van der Waals surface area contributed by atoms with E-state index in [1.165, 1.54) is 0 Å². The van der Waals surface area contributed by atoms with Crippen molar-refractivity contribution in [3.8, 4) is 0 Å². The van der Waals surface area contributed by atoms with E-state index in [0.717, 1.165) is 0 Å². The van der Waals surface area contributed by atoms with Gasteiger partial charge in [0.2, 0.25) is 5.91 Å². The second kappa shape index (κ2) is 3.87. The topological polar surface area (TPSA) is 78.7 Å². The molecule has 2 rings (SSSR count). The highest BCUT2D eigenvalue weighted by Gasteiger charge is 2.48. The van der Waals surface area contributed by atoms with Crippen molar-refractivity contribution in [1.82, 2.24) is 15.1 Å². The van der Waals surface area contributed by atoms with E-state index in [-0.39, 0.29) is 23.5 Å². The maximum absolute atomic E-state index is 12.2. The lowest BCUT2D eigenvalue weighted by molar-refractivity contribution is -0.121. The van der Waals surface area contributed by atoms with E-state index >= 15 is 0 Å². The molecular weight excluding hydrogens is 220 g/mol. The number of rotatable bonds is 1. The molecule has 0 spiro atoms. The summed E-state index contributed by atoms with van der Waals surface area (Å²) >= 11 is 0. The third kappa shape index (κ3) is 1.97. The smallest absolute Gasteiger partial charge is 0.320 e. The van der Waals surface area contributed by atoms with E-state index in [1.54, 1.807) is 9.80 Å². The molecule has 0 radical (unpaired) electrons. The molecule has 2 fully saturated rings. The SMILES string of the molecule is CC(C)(C)N1C[C@H]2[C@@H](C(N)=O)NCCN2C1=O. The van der Waals surface area contributed by atoms with E-state index in [4.69, 9.17) is 5.73 Å². The van der Waals surface area contributed by atoms with Gasteiger partial charge in [-0.1, -0.05) is 0 Å². The van der Waals surface area contributed by atoms with Gasteiger partial charge < -0.3 is 20.9 Å². The molecule has 2 aliphatic rings. The van der Waals surface area contributed by atoms with Crippen molar-refractivity contribution in [2.24, 2.45) is 5.73 Å². The molecule has 3 N–H and O–H groups in total. The van der Waals surface area contributed by atoms with Crippen LogP contribution in [0.15, 0.2) is 0 Å². The van der Waals surface area contributed by atoms with Crippen LogP contribution in [0.1, 0.15) is 20.8 Å². The van der Waals surface area contributed by atoms with Gasteiger partial charge in [-0.3, -0.25) is 4.79 Å². The molecule has 2 atom stereocenters. The largest absolute Gasteiger partial charge is 0.368 e. The standard InChI is InChI=1S/C11H20N4O2/c1-11(2,3)15-6-7-8(9(12)16)13-4-5-14(7)10(15)17/h7-8,13H,4-6H2,1-3H3,(H2,12,16)/t7-,8-/m0/s1. The Morgan fingerprint density at radius 2 is 2.12 bits per heavy atom. The van der Waals surface area contributed by atoms with Crippen LogP contribution in [0.5, 0.6) is 0 Å². The summed E-state index contributed by atoms with van der Waals surface area (Å²) in [4.78, 5) is 27.2. The first kappa shape index (κ1) is 12.2. The average Bonchev–Trinajstić information content (AvgIpc) is 2.55. The van der Waals surface area contributed by atoms with Crippen molar-refractivity contribution in [3.05, 3.63) is 0 Å². The predicted octanol–water partition coefficient (Wildman–Crippen LogP) is -0.652. The molecule has 2 heterocycles. The number of nitrogens with two attached hydrogens (primary N) is 1. The number of nitrogens with zero attached hydrogens (tertiary/aromatic N) is 2. The number of nitrogens with one attached hydrogen (secondary N) is 1. The molecule has 0 aliphatic carbocycles. The highest BCUT2D eigenvalue weighted by atomic mass is 16.2. The Kier molecular flexibility index (Phi) is 2.77. The first-order valence-corrected chi connectivity index (χ1v) is 5.93. The van der Waals surface area contributed by atoms with Crippen molar-refractivity contribution in [2.45, 2.75) is 38.4 Å². The minimum Gasteiger partial charge on any atom is -0.368 e. The van der Waals surface area contributed by atoms with E-state index < -0.39 is 6.04 Å². The molecular formula is C11H20N4O2. The molecule has 0 bridgehead atoms. The summed E-state index contributed by atoms with van der Waals surface area (Å²) < 4.78 is 0. The summed E-state index contributed by atoms with van der Waals surface area (Å²) in [5, 5.41) is 3.09. The molecule has 0 aromatic rings. The molecule has 6 nitrogen and oxygen atoms in total. The van der Waals surface area contributed by atoms with Gasteiger partial charge in [-0.15, -0.1) is 0 Å². The molecule has 0 unspecified atom stereocenters. The Morgan fingerprint density at radius 3 is 2.65 bits per heavy atom. The van der Waals surface area contributed by atoms with E-state index in [9.17, 15) is 9.59 Å². The van der Waals surface area contributed by atoms with E-state index in [1.807, 2.05) is 20.8 Å². The van der Waals surface area contributed by atoms with Crippen LogP contribution in [-0.4, -0.2) is 59.0 Å². The minimum atomic E-state index is -0.431. The Balaban J connectivity index is 2.23. The summed E-state index contributed by atoms with van der Waals surface area (Å²) in [7, 11) is 0. The first-order chi connectivity index (χ1) is 7.82. The third-order valence-corrected chi connectivity index (χ3v) is 3.46. The molecule has 0 aromatic carbocycles. The molecule has 2 saturated heterocycles. The Morgan fingerprint density at radius 1 is 1.47 bits per heavy atom. The van der Waals surface area contributed by atoms with Gasteiger partial charge in [0.1, 0.15) is 6.04 Å². The molecule has 3 amide bonds. The fourth-order valence-electron chi connectivity index (χ4n) is 2.53. The van der Waals surface area contributed by atoms with Crippen LogP contribution in [0.3, 0.4) is 0 Å². The highest BCUT2D eigenvalue weighted by molar-refractivity contribution is 5.85. The lowest BCUT2D eigenvalue weighted by Crippen LogP contribution is -2.61. The van der Waals surface area contributed by atoms with Crippen LogP contribution in [-0.2, 0) is 4.79 Å². The second-order valence-corrected chi connectivity index (χ2v) is 5.66. The van der Waals surface area contributed by atoms with Gasteiger partial charge >= 0.3 is 6.03 Å². The Bertz CT molecular complexity index is 350. The monoisotopic (exact) mass is 240 g/mol. The maximum atomic E-state index is 12.2. The normalized spacial score (nSPS) is 29.5. The zero-order valence-corrected chi connectivity index (χ0v) is 10.6. The van der Waals surface area contributed by atoms with E-state index in [0.29, 0.717) is 19.6 Å².